The highest BCUT2D eigenvalue weighted by Crippen LogP contribution is 2.14. The molecule has 1 unspecified atom stereocenters. The Bertz CT molecular complexity index is 236. The largest absolute Gasteiger partial charge is 0.377 e. The van der Waals surface area contributed by atoms with E-state index in [2.05, 4.69) is 16.6 Å². The SMILES string of the molecule is CC(C)OCCNC(C)c1ccns1. The molecular formula is C10H18N2OS. The Kier molecular flexibility index (Phi) is 5.07. The number of aromatic nitrogens is 1. The van der Waals surface area contributed by atoms with E-state index in [1.807, 2.05) is 26.1 Å². The van der Waals surface area contributed by atoms with E-state index in [9.17, 15) is 0 Å². The van der Waals surface area contributed by atoms with Gasteiger partial charge >= 0.3 is 0 Å². The molecule has 0 fully saturated rings. The highest BCUT2D eigenvalue weighted by molar-refractivity contribution is 7.05. The molecule has 3 nitrogen and oxygen atoms in total. The van der Waals surface area contributed by atoms with Crippen molar-refractivity contribution < 1.29 is 4.74 Å². The smallest absolute Gasteiger partial charge is 0.0594 e. The standard InChI is InChI=1S/C10H18N2OS/c1-8(2)13-7-6-11-9(3)10-4-5-12-14-10/h4-5,8-9,11H,6-7H2,1-3H3. The molecular weight excluding hydrogens is 196 g/mol. The minimum Gasteiger partial charge on any atom is -0.377 e. The van der Waals surface area contributed by atoms with Crippen molar-refractivity contribution in [2.45, 2.75) is 32.9 Å². The molecule has 0 aliphatic carbocycles. The van der Waals surface area contributed by atoms with Gasteiger partial charge in [0.15, 0.2) is 0 Å². The van der Waals surface area contributed by atoms with Gasteiger partial charge in [-0.15, -0.1) is 0 Å². The predicted molar refractivity (Wildman–Crippen MR) is 59.6 cm³/mol. The second-order valence-corrected chi connectivity index (χ2v) is 4.37. The van der Waals surface area contributed by atoms with Gasteiger partial charge in [-0.2, -0.15) is 0 Å². The zero-order chi connectivity index (χ0) is 10.4. The Morgan fingerprint density at radius 1 is 1.50 bits per heavy atom. The highest BCUT2D eigenvalue weighted by Gasteiger charge is 2.05. The van der Waals surface area contributed by atoms with Gasteiger partial charge in [-0.25, -0.2) is 4.37 Å². The van der Waals surface area contributed by atoms with Crippen molar-refractivity contribution in [2.24, 2.45) is 0 Å². The van der Waals surface area contributed by atoms with E-state index in [-0.39, 0.29) is 0 Å². The summed E-state index contributed by atoms with van der Waals surface area (Å²) in [4.78, 5) is 1.27. The summed E-state index contributed by atoms with van der Waals surface area (Å²) >= 11 is 1.54. The fourth-order valence-electron chi connectivity index (χ4n) is 1.12. The Morgan fingerprint density at radius 3 is 2.86 bits per heavy atom. The van der Waals surface area contributed by atoms with Gasteiger partial charge in [0.2, 0.25) is 0 Å². The minimum atomic E-state index is 0.315. The molecule has 0 amide bonds. The van der Waals surface area contributed by atoms with Gasteiger partial charge in [0, 0.05) is 23.7 Å². The Hall–Kier alpha value is -0.450. The van der Waals surface area contributed by atoms with Crippen LogP contribution in [0.5, 0.6) is 0 Å². The van der Waals surface area contributed by atoms with E-state index in [4.69, 9.17) is 4.74 Å². The van der Waals surface area contributed by atoms with Crippen LogP contribution in [-0.2, 0) is 4.74 Å². The lowest BCUT2D eigenvalue weighted by Crippen LogP contribution is -2.23. The van der Waals surface area contributed by atoms with E-state index < -0.39 is 0 Å². The van der Waals surface area contributed by atoms with Crippen LogP contribution in [0, 0.1) is 0 Å². The molecule has 0 bridgehead atoms. The normalized spacial score (nSPS) is 13.4. The van der Waals surface area contributed by atoms with Gasteiger partial charge in [0.1, 0.15) is 0 Å². The van der Waals surface area contributed by atoms with Crippen LogP contribution in [-0.4, -0.2) is 23.6 Å². The van der Waals surface area contributed by atoms with E-state index >= 15 is 0 Å². The summed E-state index contributed by atoms with van der Waals surface area (Å²) in [5.74, 6) is 0. The third-order valence-corrected chi connectivity index (χ3v) is 2.82. The van der Waals surface area contributed by atoms with Gasteiger partial charge in [-0.1, -0.05) is 0 Å². The molecule has 0 saturated heterocycles. The summed E-state index contributed by atoms with van der Waals surface area (Å²) in [6, 6.07) is 2.42. The molecule has 1 aromatic rings. The molecule has 1 rings (SSSR count). The van der Waals surface area contributed by atoms with Crippen LogP contribution in [0.1, 0.15) is 31.7 Å². The summed E-state index contributed by atoms with van der Waals surface area (Å²) in [7, 11) is 0. The van der Waals surface area contributed by atoms with Crippen molar-refractivity contribution in [3.8, 4) is 0 Å². The average molecular weight is 214 g/mol. The quantitative estimate of drug-likeness (QED) is 0.737. The Balaban J connectivity index is 2.13. The molecule has 1 atom stereocenters. The minimum absolute atomic E-state index is 0.315. The zero-order valence-corrected chi connectivity index (χ0v) is 9.80. The van der Waals surface area contributed by atoms with Crippen LogP contribution in [0.3, 0.4) is 0 Å². The van der Waals surface area contributed by atoms with Gasteiger partial charge in [0.05, 0.1) is 12.7 Å². The van der Waals surface area contributed by atoms with Gasteiger partial charge < -0.3 is 10.1 Å². The fraction of sp³-hybridized carbons (Fsp3) is 0.700. The molecule has 1 N–H and O–H groups in total. The van der Waals surface area contributed by atoms with E-state index in [0.29, 0.717) is 12.1 Å². The van der Waals surface area contributed by atoms with Crippen LogP contribution in [0.2, 0.25) is 0 Å². The van der Waals surface area contributed by atoms with Crippen molar-refractivity contribution in [3.63, 3.8) is 0 Å². The number of hydrogen-bond acceptors (Lipinski definition) is 4. The second-order valence-electron chi connectivity index (χ2n) is 3.51. The summed E-state index contributed by atoms with van der Waals surface area (Å²) in [5, 5.41) is 3.39. The number of hydrogen-bond donors (Lipinski definition) is 1. The monoisotopic (exact) mass is 214 g/mol. The number of nitrogens with zero attached hydrogens (tertiary/aromatic N) is 1. The van der Waals surface area contributed by atoms with E-state index in [1.54, 1.807) is 11.5 Å². The molecule has 1 heterocycles. The number of ether oxygens (including phenoxy) is 1. The van der Waals surface area contributed by atoms with Crippen LogP contribution >= 0.6 is 11.5 Å². The van der Waals surface area contributed by atoms with Gasteiger partial charge in [0.25, 0.3) is 0 Å². The molecule has 0 aliphatic heterocycles. The van der Waals surface area contributed by atoms with Crippen molar-refractivity contribution in [1.29, 1.82) is 0 Å². The van der Waals surface area contributed by atoms with Gasteiger partial charge in [-0.05, 0) is 38.4 Å². The topological polar surface area (TPSA) is 34.1 Å². The first-order valence-electron chi connectivity index (χ1n) is 4.95. The molecule has 0 spiro atoms. The Labute approximate surface area is 89.7 Å². The first kappa shape index (κ1) is 11.6. The van der Waals surface area contributed by atoms with Crippen LogP contribution < -0.4 is 5.32 Å². The molecule has 0 aromatic carbocycles. The Morgan fingerprint density at radius 2 is 2.29 bits per heavy atom. The van der Waals surface area contributed by atoms with E-state index in [1.165, 1.54) is 4.88 Å². The first-order valence-corrected chi connectivity index (χ1v) is 5.73. The zero-order valence-electron chi connectivity index (χ0n) is 8.99. The average Bonchev–Trinajstić information content (AvgIpc) is 2.64. The maximum atomic E-state index is 5.43. The fourth-order valence-corrected chi connectivity index (χ4v) is 1.73. The summed E-state index contributed by atoms with van der Waals surface area (Å²) in [5.41, 5.74) is 0. The molecule has 4 heteroatoms. The maximum absolute atomic E-state index is 5.43. The molecule has 0 saturated carbocycles. The molecule has 14 heavy (non-hydrogen) atoms. The van der Waals surface area contributed by atoms with Crippen molar-refractivity contribution >= 4 is 11.5 Å². The molecule has 0 aliphatic rings. The van der Waals surface area contributed by atoms with Crippen molar-refractivity contribution in [2.75, 3.05) is 13.2 Å². The summed E-state index contributed by atoms with van der Waals surface area (Å²) in [6.45, 7) is 7.89. The number of rotatable bonds is 6. The summed E-state index contributed by atoms with van der Waals surface area (Å²) < 4.78 is 9.50. The summed E-state index contributed by atoms with van der Waals surface area (Å²) in [6.07, 6.45) is 2.15. The lowest BCUT2D eigenvalue weighted by atomic mass is 10.3. The van der Waals surface area contributed by atoms with Gasteiger partial charge in [-0.3, -0.25) is 0 Å². The van der Waals surface area contributed by atoms with Crippen molar-refractivity contribution in [3.05, 3.63) is 17.1 Å². The third kappa shape index (κ3) is 4.17. The first-order chi connectivity index (χ1) is 6.70. The van der Waals surface area contributed by atoms with E-state index in [0.717, 1.165) is 13.2 Å². The predicted octanol–water partition coefficient (Wildman–Crippen LogP) is 2.22. The van der Waals surface area contributed by atoms with Crippen LogP contribution in [0.15, 0.2) is 12.3 Å². The molecule has 80 valence electrons. The van der Waals surface area contributed by atoms with Crippen LogP contribution in [0.4, 0.5) is 0 Å². The van der Waals surface area contributed by atoms with Crippen LogP contribution in [0.25, 0.3) is 0 Å². The molecule has 1 aromatic heterocycles. The lowest BCUT2D eigenvalue weighted by Gasteiger charge is -2.12. The lowest BCUT2D eigenvalue weighted by molar-refractivity contribution is 0.0797. The van der Waals surface area contributed by atoms with Crippen molar-refractivity contribution in [1.82, 2.24) is 9.69 Å². The second kappa shape index (κ2) is 6.11. The maximum Gasteiger partial charge on any atom is 0.0594 e. The third-order valence-electron chi connectivity index (χ3n) is 1.89. The highest BCUT2D eigenvalue weighted by atomic mass is 32.1. The number of nitrogens with one attached hydrogen (secondary N) is 1. The molecule has 0 radical (unpaired) electrons.